The zero-order valence-electron chi connectivity index (χ0n) is 11.5. The Bertz CT molecular complexity index is 699. The van der Waals surface area contributed by atoms with Crippen LogP contribution in [0.5, 0.6) is 6.01 Å². The number of rotatable bonds is 5. The molecule has 21 heavy (non-hydrogen) atoms. The van der Waals surface area contributed by atoms with Crippen LogP contribution in [0.3, 0.4) is 0 Å². The Labute approximate surface area is 121 Å². The van der Waals surface area contributed by atoms with Gasteiger partial charge in [-0.1, -0.05) is 30.3 Å². The van der Waals surface area contributed by atoms with E-state index in [0.29, 0.717) is 18.5 Å². The summed E-state index contributed by atoms with van der Waals surface area (Å²) in [6.07, 6.45) is 5.04. The van der Waals surface area contributed by atoms with Gasteiger partial charge in [-0.05, 0) is 5.56 Å². The number of ether oxygens (including phenoxy) is 1. The first-order chi connectivity index (χ1) is 10.3. The molecule has 3 rings (SSSR count). The first-order valence-corrected chi connectivity index (χ1v) is 6.44. The monoisotopic (exact) mass is 282 g/mol. The first-order valence-electron chi connectivity index (χ1n) is 6.44. The Kier molecular flexibility index (Phi) is 3.72. The second-order valence-corrected chi connectivity index (χ2v) is 4.24. The molecule has 0 unspecified atom stereocenters. The third-order valence-electron chi connectivity index (χ3n) is 2.77. The molecule has 0 saturated heterocycles. The molecule has 3 aromatic rings. The highest BCUT2D eigenvalue weighted by atomic mass is 16.5. The third-order valence-corrected chi connectivity index (χ3v) is 2.77. The molecule has 1 aromatic carbocycles. The molecule has 0 saturated carbocycles. The number of nitrogens with one attached hydrogen (secondary N) is 1. The molecule has 1 N–H and O–H groups in total. The van der Waals surface area contributed by atoms with Gasteiger partial charge < -0.3 is 10.1 Å². The van der Waals surface area contributed by atoms with Crippen molar-refractivity contribution in [2.75, 3.05) is 12.4 Å². The van der Waals surface area contributed by atoms with Crippen LogP contribution in [0.15, 0.2) is 49.1 Å². The van der Waals surface area contributed by atoms with Crippen LogP contribution in [0.4, 0.5) is 5.95 Å². The smallest absolute Gasteiger partial charge is 0.323 e. The molecule has 0 spiro atoms. The lowest BCUT2D eigenvalue weighted by Gasteiger charge is -2.08. The fourth-order valence-electron chi connectivity index (χ4n) is 1.74. The normalized spacial score (nSPS) is 10.3. The average Bonchev–Trinajstić information content (AvgIpc) is 3.08. The van der Waals surface area contributed by atoms with E-state index < -0.39 is 0 Å². The number of anilines is 1. The highest BCUT2D eigenvalue weighted by Crippen LogP contribution is 2.12. The molecule has 0 aliphatic heterocycles. The number of imidazole rings is 1. The quantitative estimate of drug-likeness (QED) is 0.767. The van der Waals surface area contributed by atoms with Gasteiger partial charge in [0.25, 0.3) is 0 Å². The Hall–Kier alpha value is -2.96. The van der Waals surface area contributed by atoms with E-state index in [9.17, 15) is 0 Å². The Morgan fingerprint density at radius 2 is 2.00 bits per heavy atom. The van der Waals surface area contributed by atoms with E-state index in [1.54, 1.807) is 30.3 Å². The predicted octanol–water partition coefficient (Wildman–Crippen LogP) is 1.68. The van der Waals surface area contributed by atoms with Crippen molar-refractivity contribution in [3.63, 3.8) is 0 Å². The molecule has 0 aliphatic carbocycles. The summed E-state index contributed by atoms with van der Waals surface area (Å²) in [5.74, 6) is 0.895. The third kappa shape index (κ3) is 3.14. The lowest BCUT2D eigenvalue weighted by molar-refractivity contribution is 0.280. The van der Waals surface area contributed by atoms with Gasteiger partial charge in [-0.3, -0.25) is 4.57 Å². The topological polar surface area (TPSA) is 77.8 Å². The van der Waals surface area contributed by atoms with Gasteiger partial charge in [-0.2, -0.15) is 15.0 Å². The number of hydrogen-bond donors (Lipinski definition) is 1. The van der Waals surface area contributed by atoms with Crippen LogP contribution in [0.25, 0.3) is 5.95 Å². The van der Waals surface area contributed by atoms with Gasteiger partial charge in [0.2, 0.25) is 11.9 Å². The van der Waals surface area contributed by atoms with E-state index in [-0.39, 0.29) is 6.01 Å². The molecule has 0 fully saturated rings. The summed E-state index contributed by atoms with van der Waals surface area (Å²) >= 11 is 0. The summed E-state index contributed by atoms with van der Waals surface area (Å²) in [7, 11) is 1.74. The van der Waals surface area contributed by atoms with Crippen LogP contribution < -0.4 is 10.1 Å². The van der Waals surface area contributed by atoms with Crippen LogP contribution in [0, 0.1) is 0 Å². The summed E-state index contributed by atoms with van der Waals surface area (Å²) in [6, 6.07) is 10.1. The Morgan fingerprint density at radius 1 is 1.14 bits per heavy atom. The van der Waals surface area contributed by atoms with Crippen molar-refractivity contribution in [3.05, 3.63) is 54.6 Å². The van der Waals surface area contributed by atoms with Crippen LogP contribution in [0.2, 0.25) is 0 Å². The van der Waals surface area contributed by atoms with Gasteiger partial charge in [0.15, 0.2) is 0 Å². The zero-order chi connectivity index (χ0) is 14.5. The molecule has 0 bridgehead atoms. The fourth-order valence-corrected chi connectivity index (χ4v) is 1.74. The molecule has 0 amide bonds. The number of hydrogen-bond acceptors (Lipinski definition) is 6. The second kappa shape index (κ2) is 6.00. The number of benzene rings is 1. The lowest BCUT2D eigenvalue weighted by atomic mass is 10.2. The highest BCUT2D eigenvalue weighted by molar-refractivity contribution is 5.29. The summed E-state index contributed by atoms with van der Waals surface area (Å²) in [4.78, 5) is 16.7. The zero-order valence-corrected chi connectivity index (χ0v) is 11.5. The van der Waals surface area contributed by atoms with E-state index >= 15 is 0 Å². The van der Waals surface area contributed by atoms with E-state index in [4.69, 9.17) is 4.74 Å². The fraction of sp³-hybridized carbons (Fsp3) is 0.143. The van der Waals surface area contributed by atoms with Crippen molar-refractivity contribution >= 4 is 5.95 Å². The molecule has 2 aromatic heterocycles. The van der Waals surface area contributed by atoms with E-state index in [1.165, 1.54) is 0 Å². The summed E-state index contributed by atoms with van der Waals surface area (Å²) < 4.78 is 7.33. The number of aromatic nitrogens is 5. The maximum Gasteiger partial charge on any atom is 0.323 e. The van der Waals surface area contributed by atoms with Crippen LogP contribution in [-0.4, -0.2) is 31.6 Å². The average molecular weight is 282 g/mol. The van der Waals surface area contributed by atoms with E-state index in [1.807, 2.05) is 30.3 Å². The standard InChI is InChI=1S/C14H14N6O/c1-15-12-17-13(20-8-7-16-10-20)19-14(18-12)21-9-11-5-3-2-4-6-11/h2-8,10H,9H2,1H3,(H,15,17,18,19). The summed E-state index contributed by atoms with van der Waals surface area (Å²) in [6.45, 7) is 0.400. The minimum Gasteiger partial charge on any atom is -0.458 e. The van der Waals surface area contributed by atoms with Gasteiger partial charge in [-0.25, -0.2) is 4.98 Å². The predicted molar refractivity (Wildman–Crippen MR) is 77.3 cm³/mol. The van der Waals surface area contributed by atoms with Gasteiger partial charge in [-0.15, -0.1) is 0 Å². The van der Waals surface area contributed by atoms with Crippen molar-refractivity contribution in [3.8, 4) is 12.0 Å². The van der Waals surface area contributed by atoms with Gasteiger partial charge in [0.05, 0.1) is 0 Å². The molecule has 0 atom stereocenters. The van der Waals surface area contributed by atoms with Crippen molar-refractivity contribution in [2.24, 2.45) is 0 Å². The molecule has 7 nitrogen and oxygen atoms in total. The van der Waals surface area contributed by atoms with Crippen LogP contribution in [0.1, 0.15) is 5.56 Å². The van der Waals surface area contributed by atoms with Crippen LogP contribution in [-0.2, 0) is 6.61 Å². The van der Waals surface area contributed by atoms with Crippen molar-refractivity contribution < 1.29 is 4.74 Å². The minimum atomic E-state index is 0.266. The highest BCUT2D eigenvalue weighted by Gasteiger charge is 2.08. The van der Waals surface area contributed by atoms with Crippen molar-refractivity contribution in [1.82, 2.24) is 24.5 Å². The maximum absolute atomic E-state index is 5.64. The van der Waals surface area contributed by atoms with Gasteiger partial charge >= 0.3 is 6.01 Å². The molecular formula is C14H14N6O. The Balaban J connectivity index is 1.83. The summed E-state index contributed by atoms with van der Waals surface area (Å²) in [5.41, 5.74) is 1.05. The Morgan fingerprint density at radius 3 is 2.71 bits per heavy atom. The second-order valence-electron chi connectivity index (χ2n) is 4.24. The largest absolute Gasteiger partial charge is 0.458 e. The molecule has 2 heterocycles. The van der Waals surface area contributed by atoms with Gasteiger partial charge in [0.1, 0.15) is 12.9 Å². The summed E-state index contributed by atoms with van der Waals surface area (Å²) in [5, 5.41) is 2.89. The first kappa shape index (κ1) is 13.0. The van der Waals surface area contributed by atoms with E-state index in [2.05, 4.69) is 25.3 Å². The SMILES string of the molecule is CNc1nc(OCc2ccccc2)nc(-n2ccnc2)n1. The number of nitrogens with zero attached hydrogens (tertiary/aromatic N) is 5. The molecule has 106 valence electrons. The molecular weight excluding hydrogens is 268 g/mol. The van der Waals surface area contributed by atoms with Crippen LogP contribution >= 0.6 is 0 Å². The maximum atomic E-state index is 5.64. The van der Waals surface area contributed by atoms with E-state index in [0.717, 1.165) is 5.56 Å². The lowest BCUT2D eigenvalue weighted by Crippen LogP contribution is -2.08. The van der Waals surface area contributed by atoms with Gasteiger partial charge in [0, 0.05) is 19.4 Å². The molecule has 0 aliphatic rings. The molecule has 7 heteroatoms. The van der Waals surface area contributed by atoms with Crippen molar-refractivity contribution in [1.29, 1.82) is 0 Å². The molecule has 0 radical (unpaired) electrons. The minimum absolute atomic E-state index is 0.266. The van der Waals surface area contributed by atoms with Crippen molar-refractivity contribution in [2.45, 2.75) is 6.61 Å².